The van der Waals surface area contributed by atoms with Crippen molar-refractivity contribution in [2.75, 3.05) is 30.1 Å². The van der Waals surface area contributed by atoms with Crippen LogP contribution in [-0.2, 0) is 11.3 Å². The van der Waals surface area contributed by atoms with Gasteiger partial charge in [0.05, 0.1) is 0 Å². The van der Waals surface area contributed by atoms with Crippen molar-refractivity contribution in [2.24, 2.45) is 11.8 Å². The zero-order valence-corrected chi connectivity index (χ0v) is 28.0. The van der Waals surface area contributed by atoms with Crippen LogP contribution in [0.15, 0.2) is 42.5 Å². The summed E-state index contributed by atoms with van der Waals surface area (Å²) in [5, 5.41) is 12.5. The smallest absolute Gasteiger partial charge is 0.326 e. The maximum absolute atomic E-state index is 13.6. The number of aliphatic carboxylic acids is 1. The van der Waals surface area contributed by atoms with E-state index in [1.54, 1.807) is 11.8 Å². The fourth-order valence-corrected chi connectivity index (χ4v) is 7.47. The van der Waals surface area contributed by atoms with Gasteiger partial charge in [0.1, 0.15) is 6.04 Å². The van der Waals surface area contributed by atoms with E-state index in [0.29, 0.717) is 29.7 Å². The molecular weight excluding hydrogens is 561 g/mol. The molecule has 1 amide bonds. The van der Waals surface area contributed by atoms with Crippen molar-refractivity contribution in [1.82, 2.24) is 10.2 Å². The second kappa shape index (κ2) is 18.0. The van der Waals surface area contributed by atoms with E-state index in [1.807, 2.05) is 36.2 Å². The van der Waals surface area contributed by atoms with Crippen LogP contribution in [0, 0.1) is 18.8 Å². The molecule has 0 aliphatic heterocycles. The molecule has 0 heterocycles. The molecule has 0 radical (unpaired) electrons. The summed E-state index contributed by atoms with van der Waals surface area (Å²) in [5.74, 6) is 3.00. The predicted octanol–water partition coefficient (Wildman–Crippen LogP) is 8.15. The SMILES string of the molecule is CCSCC(CC1CCCCC1)N(Cc1ccc(C(=O)NC(CCSC)C(=O)O)c(-c2ccccc2C)c1)CC(C)C. The molecule has 0 bridgehead atoms. The molecule has 0 spiro atoms. The van der Waals surface area contributed by atoms with Crippen LogP contribution in [0.2, 0.25) is 0 Å². The number of carbonyl (C=O) groups is 2. The first-order valence-electron chi connectivity index (χ1n) is 15.8. The van der Waals surface area contributed by atoms with Crippen LogP contribution in [0.3, 0.4) is 0 Å². The van der Waals surface area contributed by atoms with E-state index in [0.717, 1.165) is 47.2 Å². The Bertz CT molecular complexity index is 1130. The highest BCUT2D eigenvalue weighted by atomic mass is 32.2. The average Bonchev–Trinajstić information content (AvgIpc) is 2.97. The molecule has 232 valence electrons. The zero-order chi connectivity index (χ0) is 30.5. The maximum Gasteiger partial charge on any atom is 0.326 e. The normalized spacial score (nSPS) is 15.6. The fraction of sp³-hybridized carbons (Fsp3) is 0.600. The van der Waals surface area contributed by atoms with Gasteiger partial charge >= 0.3 is 5.97 Å². The molecule has 1 aliphatic rings. The summed E-state index contributed by atoms with van der Waals surface area (Å²) in [6.07, 6.45) is 10.4. The summed E-state index contributed by atoms with van der Waals surface area (Å²) < 4.78 is 0. The van der Waals surface area contributed by atoms with Crippen LogP contribution < -0.4 is 5.32 Å². The number of carboxylic acid groups (broad SMARTS) is 1. The summed E-state index contributed by atoms with van der Waals surface area (Å²) in [6.45, 7) is 10.8. The second-order valence-corrected chi connectivity index (χ2v) is 14.5. The third-order valence-corrected chi connectivity index (χ3v) is 10.00. The molecule has 1 fully saturated rings. The Morgan fingerprint density at radius 2 is 1.81 bits per heavy atom. The van der Waals surface area contributed by atoms with Crippen LogP contribution in [-0.4, -0.2) is 64.0 Å². The maximum atomic E-state index is 13.6. The molecule has 5 nitrogen and oxygen atoms in total. The number of carbonyl (C=O) groups excluding carboxylic acids is 1. The van der Waals surface area contributed by atoms with E-state index >= 15 is 0 Å². The number of nitrogens with zero attached hydrogens (tertiary/aromatic N) is 1. The Balaban J connectivity index is 1.96. The van der Waals surface area contributed by atoms with Gasteiger partial charge in [0.15, 0.2) is 0 Å². The Labute approximate surface area is 263 Å². The average molecular weight is 613 g/mol. The van der Waals surface area contributed by atoms with E-state index in [4.69, 9.17) is 0 Å². The summed E-state index contributed by atoms with van der Waals surface area (Å²) in [7, 11) is 0. The van der Waals surface area contributed by atoms with Crippen molar-refractivity contribution in [3.05, 3.63) is 59.2 Å². The standard InChI is InChI=1S/C35H52N2O3S2/c1-6-42-24-29(20-27-13-8-7-9-14-27)37(22-25(2)3)23-28-16-17-31(32(21-28)30-15-11-10-12-26(30)4)34(38)36-33(35(39)40)18-19-41-5/h10-12,15-17,21,25,27,29,33H,6-9,13-14,18-20,22-24H2,1-5H3,(H,36,38)(H,39,40). The van der Waals surface area contributed by atoms with Crippen molar-refractivity contribution < 1.29 is 14.7 Å². The van der Waals surface area contributed by atoms with Crippen molar-refractivity contribution in [2.45, 2.75) is 91.3 Å². The number of carboxylic acids is 1. The Morgan fingerprint density at radius 3 is 2.45 bits per heavy atom. The molecule has 0 saturated heterocycles. The van der Waals surface area contributed by atoms with Gasteiger partial charge in [-0.2, -0.15) is 23.5 Å². The molecule has 2 aromatic carbocycles. The van der Waals surface area contributed by atoms with Crippen molar-refractivity contribution in [3.63, 3.8) is 0 Å². The van der Waals surface area contributed by atoms with Crippen LogP contribution in [0.4, 0.5) is 0 Å². The minimum atomic E-state index is -0.996. The Hall–Kier alpha value is -1.96. The van der Waals surface area contributed by atoms with Gasteiger partial charge in [-0.1, -0.05) is 83.2 Å². The van der Waals surface area contributed by atoms with Crippen LogP contribution >= 0.6 is 23.5 Å². The molecule has 7 heteroatoms. The van der Waals surface area contributed by atoms with Gasteiger partial charge in [-0.15, -0.1) is 0 Å². The number of thioether (sulfide) groups is 2. The third-order valence-electron chi connectivity index (χ3n) is 8.32. The lowest BCUT2D eigenvalue weighted by Crippen LogP contribution is -2.41. The van der Waals surface area contributed by atoms with Crippen molar-refractivity contribution in [3.8, 4) is 11.1 Å². The third kappa shape index (κ3) is 10.6. The van der Waals surface area contributed by atoms with E-state index in [2.05, 4.69) is 62.2 Å². The lowest BCUT2D eigenvalue weighted by atomic mass is 9.84. The number of hydrogen-bond donors (Lipinski definition) is 2. The minimum absolute atomic E-state index is 0.332. The highest BCUT2D eigenvalue weighted by Crippen LogP contribution is 2.32. The minimum Gasteiger partial charge on any atom is -0.480 e. The summed E-state index contributed by atoms with van der Waals surface area (Å²) >= 11 is 3.63. The van der Waals surface area contributed by atoms with Crippen molar-refractivity contribution in [1.29, 1.82) is 0 Å². The van der Waals surface area contributed by atoms with E-state index in [-0.39, 0.29) is 5.91 Å². The summed E-state index contributed by atoms with van der Waals surface area (Å²) in [6, 6.07) is 13.9. The van der Waals surface area contributed by atoms with Gasteiger partial charge < -0.3 is 10.4 Å². The Kier molecular flexibility index (Phi) is 14.8. The summed E-state index contributed by atoms with van der Waals surface area (Å²) in [5.41, 5.74) is 4.69. The van der Waals surface area contributed by atoms with Crippen LogP contribution in [0.5, 0.6) is 0 Å². The number of aryl methyl sites for hydroxylation is 1. The Morgan fingerprint density at radius 1 is 1.07 bits per heavy atom. The molecule has 2 unspecified atom stereocenters. The highest BCUT2D eigenvalue weighted by molar-refractivity contribution is 7.99. The topological polar surface area (TPSA) is 69.6 Å². The molecule has 42 heavy (non-hydrogen) atoms. The van der Waals surface area contributed by atoms with Gasteiger partial charge in [0.25, 0.3) is 5.91 Å². The van der Waals surface area contributed by atoms with Gasteiger partial charge in [-0.05, 0) is 83.7 Å². The number of amides is 1. The van der Waals surface area contributed by atoms with Gasteiger partial charge in [-0.3, -0.25) is 9.69 Å². The molecule has 2 atom stereocenters. The quantitative estimate of drug-likeness (QED) is 0.188. The second-order valence-electron chi connectivity index (χ2n) is 12.2. The molecule has 1 saturated carbocycles. The number of hydrogen-bond acceptors (Lipinski definition) is 5. The largest absolute Gasteiger partial charge is 0.480 e. The van der Waals surface area contributed by atoms with E-state index in [1.165, 1.54) is 44.1 Å². The zero-order valence-electron chi connectivity index (χ0n) is 26.4. The molecule has 1 aliphatic carbocycles. The molecule has 2 N–H and O–H groups in total. The summed E-state index contributed by atoms with van der Waals surface area (Å²) in [4.78, 5) is 28.2. The van der Waals surface area contributed by atoms with E-state index in [9.17, 15) is 14.7 Å². The van der Waals surface area contributed by atoms with Crippen molar-refractivity contribution >= 4 is 35.4 Å². The van der Waals surface area contributed by atoms with Crippen LogP contribution in [0.1, 0.15) is 87.2 Å². The first-order chi connectivity index (χ1) is 20.2. The monoisotopic (exact) mass is 612 g/mol. The number of benzene rings is 2. The van der Waals surface area contributed by atoms with Gasteiger partial charge in [-0.25, -0.2) is 4.79 Å². The number of rotatable bonds is 17. The first kappa shape index (κ1) is 34.5. The molecular formula is C35H52N2O3S2. The highest BCUT2D eigenvalue weighted by Gasteiger charge is 2.26. The molecule has 2 aromatic rings. The van der Waals surface area contributed by atoms with Gasteiger partial charge in [0.2, 0.25) is 0 Å². The number of nitrogens with one attached hydrogen (secondary N) is 1. The lowest BCUT2D eigenvalue weighted by molar-refractivity contribution is -0.139. The molecule has 0 aromatic heterocycles. The van der Waals surface area contributed by atoms with Crippen LogP contribution in [0.25, 0.3) is 11.1 Å². The lowest BCUT2D eigenvalue weighted by Gasteiger charge is -2.36. The predicted molar refractivity (Wildman–Crippen MR) is 182 cm³/mol. The fourth-order valence-electron chi connectivity index (χ4n) is 6.15. The van der Waals surface area contributed by atoms with E-state index < -0.39 is 12.0 Å². The molecule has 3 rings (SSSR count). The first-order valence-corrected chi connectivity index (χ1v) is 18.3. The van der Waals surface area contributed by atoms with Gasteiger partial charge in [0, 0.05) is 30.4 Å².